The quantitative estimate of drug-likeness (QED) is 0.871. The first-order valence-electron chi connectivity index (χ1n) is 8.75. The lowest BCUT2D eigenvalue weighted by Gasteiger charge is -2.37. The number of carbonyl (C=O) groups is 1. The van der Waals surface area contributed by atoms with Crippen LogP contribution in [0.1, 0.15) is 26.7 Å². The zero-order chi connectivity index (χ0) is 17.1. The van der Waals surface area contributed by atoms with Gasteiger partial charge in [-0.1, -0.05) is 0 Å². The molecule has 2 aliphatic rings. The minimum absolute atomic E-state index is 0.143. The Morgan fingerprint density at radius 1 is 1.17 bits per heavy atom. The second kappa shape index (κ2) is 7.40. The number of nitrogens with one attached hydrogen (secondary N) is 1. The highest BCUT2D eigenvalue weighted by Crippen LogP contribution is 2.22. The number of benzene rings is 1. The average Bonchev–Trinajstić information content (AvgIpc) is 2.54. The molecule has 2 N–H and O–H groups in total. The first kappa shape index (κ1) is 17.0. The number of hydrogen-bond donors (Lipinski definition) is 2. The lowest BCUT2D eigenvalue weighted by Crippen LogP contribution is -2.45. The number of ether oxygens (including phenoxy) is 1. The molecule has 1 aromatic rings. The van der Waals surface area contributed by atoms with Crippen LogP contribution >= 0.6 is 0 Å². The zero-order valence-electron chi connectivity index (χ0n) is 14.4. The second-order valence-electron chi connectivity index (χ2n) is 6.88. The number of nitrogens with zero attached hydrogens (tertiary/aromatic N) is 2. The summed E-state index contributed by atoms with van der Waals surface area (Å²) in [6.45, 7) is 7.04. The third-order valence-electron chi connectivity index (χ3n) is 4.59. The highest BCUT2D eigenvalue weighted by molar-refractivity contribution is 5.89. The molecular weight excluding hydrogens is 306 g/mol. The van der Waals surface area contributed by atoms with Gasteiger partial charge in [-0.15, -0.1) is 0 Å². The summed E-state index contributed by atoms with van der Waals surface area (Å²) in [6.07, 6.45) is 1.66. The molecule has 2 fully saturated rings. The number of urea groups is 1. The molecule has 3 atom stereocenters. The summed E-state index contributed by atoms with van der Waals surface area (Å²) in [4.78, 5) is 16.2. The summed E-state index contributed by atoms with van der Waals surface area (Å²) in [6, 6.07) is 7.78. The number of morpholine rings is 1. The number of rotatable bonds is 2. The molecule has 2 aliphatic heterocycles. The number of aliphatic hydroxyl groups excluding tert-OH is 1. The molecule has 2 heterocycles. The van der Waals surface area contributed by atoms with Crippen molar-refractivity contribution in [1.82, 2.24) is 4.90 Å². The van der Waals surface area contributed by atoms with Gasteiger partial charge in [-0.25, -0.2) is 4.79 Å². The number of β-amino-alcohol motifs (C(OH)–C–C–N with tert-alkyl or cyclic N) is 1. The van der Waals surface area contributed by atoms with Crippen molar-refractivity contribution in [2.24, 2.45) is 0 Å². The summed E-state index contributed by atoms with van der Waals surface area (Å²) < 4.78 is 5.77. The molecule has 0 unspecified atom stereocenters. The highest BCUT2D eigenvalue weighted by Gasteiger charge is 2.23. The molecule has 1 aromatic carbocycles. The Labute approximate surface area is 143 Å². The van der Waals surface area contributed by atoms with Crippen molar-refractivity contribution in [2.75, 3.05) is 36.4 Å². The van der Waals surface area contributed by atoms with Crippen LogP contribution in [-0.2, 0) is 4.74 Å². The first-order chi connectivity index (χ1) is 11.5. The standard InChI is InChI=1S/C18H27N3O3/c1-13-10-21(11-14(2)24-13)16-7-5-15(6-8-16)19-18(23)20-9-3-4-17(22)12-20/h5-8,13-14,17,22H,3-4,9-12H2,1-2H3,(H,19,23)/t13-,14-,17-/m1/s1. The fraction of sp³-hybridized carbons (Fsp3) is 0.611. The summed E-state index contributed by atoms with van der Waals surface area (Å²) in [5.41, 5.74) is 1.92. The number of piperidine rings is 1. The third-order valence-corrected chi connectivity index (χ3v) is 4.59. The number of aliphatic hydroxyl groups is 1. The molecule has 132 valence electrons. The Bertz CT molecular complexity index is 553. The molecular formula is C18H27N3O3. The van der Waals surface area contributed by atoms with Gasteiger partial charge in [0.2, 0.25) is 0 Å². The van der Waals surface area contributed by atoms with Crippen LogP contribution in [0.3, 0.4) is 0 Å². The molecule has 0 aromatic heterocycles. The van der Waals surface area contributed by atoms with E-state index in [2.05, 4.69) is 24.1 Å². The van der Waals surface area contributed by atoms with Crippen molar-refractivity contribution >= 4 is 17.4 Å². The molecule has 24 heavy (non-hydrogen) atoms. The van der Waals surface area contributed by atoms with Crippen LogP contribution in [0.5, 0.6) is 0 Å². The molecule has 6 heteroatoms. The van der Waals surface area contributed by atoms with E-state index >= 15 is 0 Å². The monoisotopic (exact) mass is 333 g/mol. The zero-order valence-corrected chi connectivity index (χ0v) is 14.4. The maximum absolute atomic E-state index is 12.3. The van der Waals surface area contributed by atoms with Gasteiger partial charge in [0.05, 0.1) is 18.3 Å². The Hall–Kier alpha value is -1.79. The maximum atomic E-state index is 12.3. The van der Waals surface area contributed by atoms with Crippen LogP contribution in [0, 0.1) is 0 Å². The van der Waals surface area contributed by atoms with Crippen molar-refractivity contribution in [3.8, 4) is 0 Å². The van der Waals surface area contributed by atoms with Crippen LogP contribution in [-0.4, -0.2) is 60.5 Å². The maximum Gasteiger partial charge on any atom is 0.321 e. The second-order valence-corrected chi connectivity index (χ2v) is 6.88. The van der Waals surface area contributed by atoms with Crippen molar-refractivity contribution < 1.29 is 14.6 Å². The van der Waals surface area contributed by atoms with Crippen LogP contribution < -0.4 is 10.2 Å². The van der Waals surface area contributed by atoms with Gasteiger partial charge in [0.1, 0.15) is 0 Å². The van der Waals surface area contributed by atoms with Crippen molar-refractivity contribution in [3.05, 3.63) is 24.3 Å². The van der Waals surface area contributed by atoms with Gasteiger partial charge in [0.25, 0.3) is 0 Å². The van der Waals surface area contributed by atoms with Gasteiger partial charge < -0.3 is 25.0 Å². The summed E-state index contributed by atoms with van der Waals surface area (Å²) in [5, 5.41) is 12.6. The smallest absolute Gasteiger partial charge is 0.321 e. The van der Waals surface area contributed by atoms with Gasteiger partial charge in [-0.05, 0) is 51.0 Å². The molecule has 0 spiro atoms. The number of likely N-dealkylation sites (tertiary alicyclic amines) is 1. The molecule has 3 rings (SSSR count). The van der Waals surface area contributed by atoms with Crippen LogP contribution in [0.15, 0.2) is 24.3 Å². The van der Waals surface area contributed by atoms with Gasteiger partial charge in [0, 0.05) is 37.6 Å². The predicted octanol–water partition coefficient (Wildman–Crippen LogP) is 2.29. The highest BCUT2D eigenvalue weighted by atomic mass is 16.5. The minimum atomic E-state index is -0.405. The van der Waals surface area contributed by atoms with E-state index < -0.39 is 6.10 Å². The predicted molar refractivity (Wildman–Crippen MR) is 94.5 cm³/mol. The van der Waals surface area contributed by atoms with E-state index in [0.29, 0.717) is 13.1 Å². The van der Waals surface area contributed by atoms with Crippen molar-refractivity contribution in [1.29, 1.82) is 0 Å². The number of amides is 2. The van der Waals surface area contributed by atoms with E-state index in [1.54, 1.807) is 4.90 Å². The van der Waals surface area contributed by atoms with Crippen LogP contribution in [0.2, 0.25) is 0 Å². The average molecular weight is 333 g/mol. The van der Waals surface area contributed by atoms with Gasteiger partial charge in [-0.3, -0.25) is 0 Å². The number of anilines is 2. The van der Waals surface area contributed by atoms with Gasteiger partial charge >= 0.3 is 6.03 Å². The molecule has 2 saturated heterocycles. The van der Waals surface area contributed by atoms with E-state index in [1.165, 1.54) is 0 Å². The Morgan fingerprint density at radius 3 is 2.46 bits per heavy atom. The fourth-order valence-corrected chi connectivity index (χ4v) is 3.49. The van der Waals surface area contributed by atoms with Gasteiger partial charge in [-0.2, -0.15) is 0 Å². The molecule has 0 radical (unpaired) electrons. The molecule has 6 nitrogen and oxygen atoms in total. The van der Waals surface area contributed by atoms with Crippen LogP contribution in [0.4, 0.5) is 16.2 Å². The summed E-state index contributed by atoms with van der Waals surface area (Å²) in [5.74, 6) is 0. The summed E-state index contributed by atoms with van der Waals surface area (Å²) >= 11 is 0. The Morgan fingerprint density at radius 2 is 1.83 bits per heavy atom. The fourth-order valence-electron chi connectivity index (χ4n) is 3.49. The van der Waals surface area contributed by atoms with E-state index in [9.17, 15) is 9.90 Å². The van der Waals surface area contributed by atoms with E-state index in [4.69, 9.17) is 4.74 Å². The lowest BCUT2D eigenvalue weighted by atomic mass is 10.1. The van der Waals surface area contributed by atoms with Crippen LogP contribution in [0.25, 0.3) is 0 Å². The SMILES string of the molecule is C[C@@H]1CN(c2ccc(NC(=O)N3CCC[C@@H](O)C3)cc2)C[C@@H](C)O1. The topological polar surface area (TPSA) is 65.0 Å². The molecule has 2 amide bonds. The third kappa shape index (κ3) is 4.19. The van der Waals surface area contributed by atoms with Gasteiger partial charge in [0.15, 0.2) is 0 Å². The molecule has 0 bridgehead atoms. The normalized spacial score (nSPS) is 27.9. The lowest BCUT2D eigenvalue weighted by molar-refractivity contribution is -0.00521. The van der Waals surface area contributed by atoms with Crippen molar-refractivity contribution in [3.63, 3.8) is 0 Å². The van der Waals surface area contributed by atoms with E-state index in [0.717, 1.165) is 37.3 Å². The first-order valence-corrected chi connectivity index (χ1v) is 8.75. The largest absolute Gasteiger partial charge is 0.391 e. The van der Waals surface area contributed by atoms with Crippen molar-refractivity contribution in [2.45, 2.75) is 45.0 Å². The summed E-state index contributed by atoms with van der Waals surface area (Å²) in [7, 11) is 0. The number of hydrogen-bond acceptors (Lipinski definition) is 4. The Balaban J connectivity index is 1.59. The molecule has 0 aliphatic carbocycles. The van der Waals surface area contributed by atoms with E-state index in [-0.39, 0.29) is 18.2 Å². The minimum Gasteiger partial charge on any atom is -0.391 e. The van der Waals surface area contributed by atoms with E-state index in [1.807, 2.05) is 24.3 Å². The Kier molecular flexibility index (Phi) is 5.26. The molecule has 0 saturated carbocycles. The number of carbonyl (C=O) groups excluding carboxylic acids is 1.